The molecule has 0 spiro atoms. The van der Waals surface area contributed by atoms with Gasteiger partial charge in [0.05, 0.1) is 10.5 Å². The maximum absolute atomic E-state index is 12.9. The topological polar surface area (TPSA) is 63.4 Å². The van der Waals surface area contributed by atoms with Crippen LogP contribution >= 0.6 is 12.4 Å². The van der Waals surface area contributed by atoms with Crippen molar-refractivity contribution in [2.75, 3.05) is 13.1 Å². The molecule has 0 aliphatic carbocycles. The molecule has 0 amide bonds. The van der Waals surface area contributed by atoms with Crippen LogP contribution in [-0.2, 0) is 16.2 Å². The van der Waals surface area contributed by atoms with Crippen molar-refractivity contribution in [1.29, 1.82) is 0 Å². The number of sulfonamides is 1. The Balaban J connectivity index is 0.00000288. The van der Waals surface area contributed by atoms with E-state index in [0.717, 1.165) is 6.07 Å². The molecule has 24 heavy (non-hydrogen) atoms. The first kappa shape index (κ1) is 21.2. The van der Waals surface area contributed by atoms with Gasteiger partial charge in [-0.05, 0) is 36.5 Å². The fourth-order valence-electron chi connectivity index (χ4n) is 2.72. The van der Waals surface area contributed by atoms with Crippen molar-refractivity contribution in [3.8, 4) is 0 Å². The third kappa shape index (κ3) is 4.04. The van der Waals surface area contributed by atoms with Crippen LogP contribution in [0.25, 0.3) is 0 Å². The number of piperidine rings is 1. The van der Waals surface area contributed by atoms with Crippen LogP contribution in [0.2, 0.25) is 0 Å². The molecule has 1 saturated heterocycles. The molecule has 2 rings (SSSR count). The second-order valence-corrected chi connectivity index (χ2v) is 8.61. The molecule has 0 radical (unpaired) electrons. The fraction of sp³-hybridized carbons (Fsp3) is 0.600. The van der Waals surface area contributed by atoms with Gasteiger partial charge in [0.2, 0.25) is 10.0 Å². The third-order valence-corrected chi connectivity index (χ3v) is 6.40. The lowest BCUT2D eigenvalue weighted by molar-refractivity contribution is -0.137. The number of nitrogens with zero attached hydrogens (tertiary/aromatic N) is 1. The monoisotopic (exact) mass is 386 g/mol. The Morgan fingerprint density at radius 2 is 1.88 bits per heavy atom. The van der Waals surface area contributed by atoms with Gasteiger partial charge in [0, 0.05) is 19.1 Å². The van der Waals surface area contributed by atoms with E-state index in [1.165, 1.54) is 17.3 Å². The summed E-state index contributed by atoms with van der Waals surface area (Å²) in [4.78, 5) is -0.293. The highest BCUT2D eigenvalue weighted by atomic mass is 35.5. The first-order valence-electron chi connectivity index (χ1n) is 7.29. The van der Waals surface area contributed by atoms with E-state index in [0.29, 0.717) is 18.1 Å². The molecule has 0 saturated carbocycles. The first-order valence-corrected chi connectivity index (χ1v) is 8.73. The predicted octanol–water partition coefficient (Wildman–Crippen LogP) is 3.18. The van der Waals surface area contributed by atoms with Gasteiger partial charge in [0.1, 0.15) is 0 Å². The third-order valence-electron chi connectivity index (χ3n) is 4.41. The van der Waals surface area contributed by atoms with Crippen LogP contribution in [0, 0.1) is 12.3 Å². The van der Waals surface area contributed by atoms with Crippen molar-refractivity contribution in [2.24, 2.45) is 11.1 Å². The van der Waals surface area contributed by atoms with Crippen molar-refractivity contribution in [2.45, 2.75) is 44.3 Å². The van der Waals surface area contributed by atoms with Crippen LogP contribution in [0.15, 0.2) is 23.1 Å². The molecule has 1 atom stereocenters. The van der Waals surface area contributed by atoms with Gasteiger partial charge in [0.15, 0.2) is 0 Å². The zero-order valence-corrected chi connectivity index (χ0v) is 15.4. The molecule has 0 bridgehead atoms. The van der Waals surface area contributed by atoms with Gasteiger partial charge in [-0.3, -0.25) is 0 Å². The van der Waals surface area contributed by atoms with E-state index in [1.807, 2.05) is 13.8 Å². The molecule has 4 nitrogen and oxygen atoms in total. The maximum Gasteiger partial charge on any atom is 0.416 e. The van der Waals surface area contributed by atoms with Crippen molar-refractivity contribution < 1.29 is 21.6 Å². The Morgan fingerprint density at radius 1 is 1.29 bits per heavy atom. The predicted molar refractivity (Wildman–Crippen MR) is 88.6 cm³/mol. The summed E-state index contributed by atoms with van der Waals surface area (Å²) < 4.78 is 65.5. The molecular weight excluding hydrogens is 365 g/mol. The van der Waals surface area contributed by atoms with E-state index in [1.54, 1.807) is 0 Å². The van der Waals surface area contributed by atoms with E-state index in [2.05, 4.69) is 0 Å². The van der Waals surface area contributed by atoms with E-state index < -0.39 is 27.2 Å². The molecule has 9 heteroatoms. The molecule has 1 aliphatic rings. The SMILES string of the molecule is Cc1ccc(C(F)(F)F)cc1S(=O)(=O)N1CCC(N)C(C)(C)C1.Cl. The van der Waals surface area contributed by atoms with Crippen molar-refractivity contribution in [3.63, 3.8) is 0 Å². The second kappa shape index (κ2) is 6.82. The average molecular weight is 387 g/mol. The van der Waals surface area contributed by atoms with E-state index >= 15 is 0 Å². The maximum atomic E-state index is 12.9. The lowest BCUT2D eigenvalue weighted by Gasteiger charge is -2.41. The van der Waals surface area contributed by atoms with Gasteiger partial charge in [-0.25, -0.2) is 8.42 Å². The Hall–Kier alpha value is -0.830. The number of hydrogen-bond acceptors (Lipinski definition) is 3. The van der Waals surface area contributed by atoms with Crippen LogP contribution in [0.1, 0.15) is 31.4 Å². The van der Waals surface area contributed by atoms with E-state index in [4.69, 9.17) is 5.73 Å². The molecule has 138 valence electrons. The van der Waals surface area contributed by atoms with Crippen LogP contribution < -0.4 is 5.73 Å². The summed E-state index contributed by atoms with van der Waals surface area (Å²) in [6.45, 7) is 5.61. The summed E-state index contributed by atoms with van der Waals surface area (Å²) in [7, 11) is -3.99. The van der Waals surface area contributed by atoms with Crippen molar-refractivity contribution in [3.05, 3.63) is 29.3 Å². The Bertz CT molecular complexity index is 705. The fourth-order valence-corrected chi connectivity index (χ4v) is 4.60. The highest BCUT2D eigenvalue weighted by molar-refractivity contribution is 7.89. The standard InChI is InChI=1S/C15H21F3N2O2S.ClH/c1-10-4-5-11(15(16,17)18)8-12(10)23(21,22)20-7-6-13(19)14(2,3)9-20;/h4-5,8,13H,6-7,9,19H2,1-3H3;1H. The van der Waals surface area contributed by atoms with Gasteiger partial charge in [-0.1, -0.05) is 19.9 Å². The van der Waals surface area contributed by atoms with E-state index in [-0.39, 0.29) is 36.4 Å². The molecule has 1 unspecified atom stereocenters. The molecule has 1 aromatic carbocycles. The van der Waals surface area contributed by atoms with Crippen LogP contribution in [-0.4, -0.2) is 31.9 Å². The highest BCUT2D eigenvalue weighted by Crippen LogP contribution is 2.35. The quantitative estimate of drug-likeness (QED) is 0.849. The molecule has 1 aliphatic heterocycles. The number of hydrogen-bond donors (Lipinski definition) is 1. The van der Waals surface area contributed by atoms with Gasteiger partial charge in [-0.2, -0.15) is 17.5 Å². The molecule has 2 N–H and O–H groups in total. The zero-order chi connectivity index (χ0) is 17.6. The minimum absolute atomic E-state index is 0. The Morgan fingerprint density at radius 3 is 2.38 bits per heavy atom. The highest BCUT2D eigenvalue weighted by Gasteiger charge is 2.40. The van der Waals surface area contributed by atoms with Crippen LogP contribution in [0.3, 0.4) is 0 Å². The summed E-state index contributed by atoms with van der Waals surface area (Å²) in [5.41, 5.74) is 4.90. The minimum Gasteiger partial charge on any atom is -0.327 e. The lowest BCUT2D eigenvalue weighted by Crippen LogP contribution is -2.53. The number of benzene rings is 1. The number of nitrogens with two attached hydrogens (primary N) is 1. The minimum atomic E-state index is -4.58. The van der Waals surface area contributed by atoms with Crippen LogP contribution in [0.4, 0.5) is 13.2 Å². The second-order valence-electron chi connectivity index (χ2n) is 6.70. The van der Waals surface area contributed by atoms with Gasteiger partial charge >= 0.3 is 6.18 Å². The molecule has 1 heterocycles. The van der Waals surface area contributed by atoms with Crippen molar-refractivity contribution in [1.82, 2.24) is 4.31 Å². The average Bonchev–Trinajstić information content (AvgIpc) is 2.40. The first-order chi connectivity index (χ1) is 10.4. The Kier molecular flexibility index (Phi) is 6.03. The largest absolute Gasteiger partial charge is 0.416 e. The van der Waals surface area contributed by atoms with Gasteiger partial charge in [-0.15, -0.1) is 12.4 Å². The molecule has 1 fully saturated rings. The van der Waals surface area contributed by atoms with Gasteiger partial charge < -0.3 is 5.73 Å². The lowest BCUT2D eigenvalue weighted by atomic mass is 9.81. The van der Waals surface area contributed by atoms with Crippen LogP contribution in [0.5, 0.6) is 0 Å². The number of halogens is 4. The zero-order valence-electron chi connectivity index (χ0n) is 13.7. The molecule has 1 aromatic rings. The number of aryl methyl sites for hydroxylation is 1. The van der Waals surface area contributed by atoms with Crippen molar-refractivity contribution >= 4 is 22.4 Å². The summed E-state index contributed by atoms with van der Waals surface area (Å²) in [6.07, 6.45) is -4.11. The summed E-state index contributed by atoms with van der Waals surface area (Å²) in [5, 5.41) is 0. The Labute approximate surface area is 146 Å². The summed E-state index contributed by atoms with van der Waals surface area (Å²) in [5.74, 6) is 0. The molecular formula is C15H22ClF3N2O2S. The smallest absolute Gasteiger partial charge is 0.327 e. The van der Waals surface area contributed by atoms with E-state index in [9.17, 15) is 21.6 Å². The normalized spacial score (nSPS) is 22.0. The summed E-state index contributed by atoms with van der Waals surface area (Å²) in [6, 6.07) is 2.66. The van der Waals surface area contributed by atoms with Gasteiger partial charge in [0.25, 0.3) is 0 Å². The number of rotatable bonds is 2. The summed E-state index contributed by atoms with van der Waals surface area (Å²) >= 11 is 0. The molecule has 0 aromatic heterocycles. The number of alkyl halides is 3.